The quantitative estimate of drug-likeness (QED) is 0.605. The Bertz CT molecular complexity index is 446. The maximum atomic E-state index is 5.68. The predicted octanol–water partition coefficient (Wildman–Crippen LogP) is 5.46. The van der Waals surface area contributed by atoms with Gasteiger partial charge in [0.2, 0.25) is 0 Å². The van der Waals surface area contributed by atoms with Gasteiger partial charge in [0.05, 0.1) is 6.10 Å². The van der Waals surface area contributed by atoms with Crippen LogP contribution in [0, 0.1) is 5.92 Å². The van der Waals surface area contributed by atoms with E-state index in [0.717, 1.165) is 30.0 Å². The van der Waals surface area contributed by atoms with Crippen molar-refractivity contribution in [2.45, 2.75) is 51.7 Å². The van der Waals surface area contributed by atoms with E-state index in [1.807, 2.05) is 0 Å². The Morgan fingerprint density at radius 1 is 1.29 bits per heavy atom. The third-order valence-electron chi connectivity index (χ3n) is 4.14. The van der Waals surface area contributed by atoms with Gasteiger partial charge in [-0.1, -0.05) is 38.8 Å². The Kier molecular flexibility index (Phi) is 7.20. The molecule has 4 heteroatoms. The highest BCUT2D eigenvalue weighted by Crippen LogP contribution is 2.39. The van der Waals surface area contributed by atoms with E-state index in [9.17, 15) is 0 Å². The molecular formula is C17H25Br2NO. The van der Waals surface area contributed by atoms with E-state index >= 15 is 0 Å². The van der Waals surface area contributed by atoms with E-state index in [2.05, 4.69) is 69.2 Å². The summed E-state index contributed by atoms with van der Waals surface area (Å²) >= 11 is 7.30. The minimum atomic E-state index is 0.421. The molecule has 118 valence electrons. The van der Waals surface area contributed by atoms with Crippen LogP contribution >= 0.6 is 31.9 Å². The van der Waals surface area contributed by atoms with Gasteiger partial charge in [0, 0.05) is 21.6 Å². The molecular weight excluding hydrogens is 394 g/mol. The first-order chi connectivity index (χ1) is 10.1. The summed E-state index contributed by atoms with van der Waals surface area (Å²) in [4.78, 5) is 0. The first-order valence-corrected chi connectivity index (χ1v) is 9.52. The summed E-state index contributed by atoms with van der Waals surface area (Å²) in [7, 11) is 0. The van der Waals surface area contributed by atoms with E-state index in [4.69, 9.17) is 4.74 Å². The Morgan fingerprint density at radius 2 is 2.05 bits per heavy atom. The average molecular weight is 419 g/mol. The maximum Gasteiger partial charge on any atom is 0.0580 e. The molecule has 0 amide bonds. The van der Waals surface area contributed by atoms with Crippen molar-refractivity contribution in [3.05, 3.63) is 32.7 Å². The third kappa shape index (κ3) is 5.05. The molecule has 1 atom stereocenters. The molecule has 0 radical (unpaired) electrons. The monoisotopic (exact) mass is 417 g/mol. The van der Waals surface area contributed by atoms with E-state index in [1.54, 1.807) is 0 Å². The Balaban J connectivity index is 1.99. The molecule has 2 rings (SSSR count). The molecule has 2 nitrogen and oxygen atoms in total. The topological polar surface area (TPSA) is 21.3 Å². The molecule has 0 bridgehead atoms. The highest BCUT2D eigenvalue weighted by molar-refractivity contribution is 9.11. The van der Waals surface area contributed by atoms with Crippen LogP contribution in [0.3, 0.4) is 0 Å². The highest BCUT2D eigenvalue weighted by Gasteiger charge is 2.32. The van der Waals surface area contributed by atoms with Gasteiger partial charge in [0.1, 0.15) is 0 Å². The number of benzene rings is 1. The number of hydrogen-bond acceptors (Lipinski definition) is 2. The number of halogens is 2. The van der Waals surface area contributed by atoms with Crippen molar-refractivity contribution < 1.29 is 4.74 Å². The molecule has 0 saturated heterocycles. The van der Waals surface area contributed by atoms with E-state index in [0.29, 0.717) is 12.1 Å². The SMILES string of the molecule is CCCNC(CC1CC(OCC)C1)c1cc(Br)ccc1Br. The van der Waals surface area contributed by atoms with Crippen molar-refractivity contribution in [2.24, 2.45) is 5.92 Å². The van der Waals surface area contributed by atoms with Gasteiger partial charge in [-0.05, 0) is 68.8 Å². The third-order valence-corrected chi connectivity index (χ3v) is 5.35. The van der Waals surface area contributed by atoms with Gasteiger partial charge >= 0.3 is 0 Å². The normalized spacial score (nSPS) is 22.9. The highest BCUT2D eigenvalue weighted by atomic mass is 79.9. The first-order valence-electron chi connectivity index (χ1n) is 7.93. The Hall–Kier alpha value is 0.1000. The second-order valence-corrected chi connectivity index (χ2v) is 7.59. The fourth-order valence-corrected chi connectivity index (χ4v) is 3.89. The minimum absolute atomic E-state index is 0.421. The van der Waals surface area contributed by atoms with Crippen LogP contribution in [0.15, 0.2) is 27.1 Å². The van der Waals surface area contributed by atoms with Crippen LogP contribution in [0.2, 0.25) is 0 Å². The van der Waals surface area contributed by atoms with Crippen LogP contribution in [0.1, 0.15) is 51.1 Å². The minimum Gasteiger partial charge on any atom is -0.378 e. The lowest BCUT2D eigenvalue weighted by molar-refractivity contribution is -0.0291. The molecule has 1 aromatic rings. The van der Waals surface area contributed by atoms with Crippen molar-refractivity contribution in [3.63, 3.8) is 0 Å². The molecule has 1 aliphatic rings. The lowest BCUT2D eigenvalue weighted by atomic mass is 9.77. The van der Waals surface area contributed by atoms with Crippen molar-refractivity contribution in [3.8, 4) is 0 Å². The molecule has 1 N–H and O–H groups in total. The smallest absolute Gasteiger partial charge is 0.0580 e. The zero-order valence-corrected chi connectivity index (χ0v) is 16.0. The zero-order chi connectivity index (χ0) is 15.2. The van der Waals surface area contributed by atoms with Crippen molar-refractivity contribution in [2.75, 3.05) is 13.2 Å². The molecule has 0 aromatic heterocycles. The standard InChI is InChI=1S/C17H25Br2NO/c1-3-7-20-17(10-12-8-14(9-12)21-4-2)15-11-13(18)5-6-16(15)19/h5-6,11-12,14,17,20H,3-4,7-10H2,1-2H3. The van der Waals surface area contributed by atoms with E-state index in [1.165, 1.54) is 29.3 Å². The predicted molar refractivity (Wildman–Crippen MR) is 95.6 cm³/mol. The van der Waals surface area contributed by atoms with Crippen LogP contribution in [-0.2, 0) is 4.74 Å². The van der Waals surface area contributed by atoms with Gasteiger partial charge in [-0.25, -0.2) is 0 Å². The molecule has 21 heavy (non-hydrogen) atoms. The summed E-state index contributed by atoms with van der Waals surface area (Å²) in [6.07, 6.45) is 5.28. The fraction of sp³-hybridized carbons (Fsp3) is 0.647. The summed E-state index contributed by atoms with van der Waals surface area (Å²) in [5.74, 6) is 0.779. The zero-order valence-electron chi connectivity index (χ0n) is 12.9. The molecule has 1 aromatic carbocycles. The fourth-order valence-electron chi connectivity index (χ4n) is 2.99. The average Bonchev–Trinajstić information content (AvgIpc) is 2.43. The van der Waals surface area contributed by atoms with Crippen LogP contribution in [-0.4, -0.2) is 19.3 Å². The lowest BCUT2D eigenvalue weighted by Gasteiger charge is -2.37. The van der Waals surface area contributed by atoms with Gasteiger partial charge in [0.15, 0.2) is 0 Å². The maximum absolute atomic E-state index is 5.68. The lowest BCUT2D eigenvalue weighted by Crippen LogP contribution is -2.35. The second kappa shape index (κ2) is 8.66. The number of hydrogen-bond donors (Lipinski definition) is 1. The first kappa shape index (κ1) is 17.5. The molecule has 0 heterocycles. The van der Waals surface area contributed by atoms with Crippen LogP contribution in [0.25, 0.3) is 0 Å². The van der Waals surface area contributed by atoms with Crippen molar-refractivity contribution in [1.29, 1.82) is 0 Å². The number of nitrogens with one attached hydrogen (secondary N) is 1. The van der Waals surface area contributed by atoms with Crippen LogP contribution in [0.4, 0.5) is 0 Å². The summed E-state index contributed by atoms with van der Waals surface area (Å²) in [5, 5.41) is 3.71. The van der Waals surface area contributed by atoms with Gasteiger partial charge in [-0.2, -0.15) is 0 Å². The summed E-state index contributed by atoms with van der Waals surface area (Å²) in [6, 6.07) is 6.86. The molecule has 1 unspecified atom stereocenters. The van der Waals surface area contributed by atoms with E-state index < -0.39 is 0 Å². The number of ether oxygens (including phenoxy) is 1. The van der Waals surface area contributed by atoms with Gasteiger partial charge in [-0.3, -0.25) is 0 Å². The second-order valence-electron chi connectivity index (χ2n) is 5.82. The summed E-state index contributed by atoms with van der Waals surface area (Å²) in [5.41, 5.74) is 1.36. The Labute approximate surface area is 145 Å². The van der Waals surface area contributed by atoms with Crippen LogP contribution in [0.5, 0.6) is 0 Å². The summed E-state index contributed by atoms with van der Waals surface area (Å²) in [6.45, 7) is 6.20. The Morgan fingerprint density at radius 3 is 2.71 bits per heavy atom. The van der Waals surface area contributed by atoms with Crippen molar-refractivity contribution in [1.82, 2.24) is 5.32 Å². The van der Waals surface area contributed by atoms with E-state index in [-0.39, 0.29) is 0 Å². The van der Waals surface area contributed by atoms with Crippen molar-refractivity contribution >= 4 is 31.9 Å². The van der Waals surface area contributed by atoms with Crippen LogP contribution < -0.4 is 5.32 Å². The summed E-state index contributed by atoms with van der Waals surface area (Å²) < 4.78 is 8.02. The molecule has 1 aliphatic carbocycles. The molecule has 0 spiro atoms. The molecule has 1 saturated carbocycles. The molecule has 1 fully saturated rings. The van der Waals surface area contributed by atoms with Gasteiger partial charge in [0.25, 0.3) is 0 Å². The van der Waals surface area contributed by atoms with Gasteiger partial charge in [-0.15, -0.1) is 0 Å². The van der Waals surface area contributed by atoms with Gasteiger partial charge < -0.3 is 10.1 Å². The largest absolute Gasteiger partial charge is 0.378 e. The molecule has 0 aliphatic heterocycles. The number of rotatable bonds is 8.